The van der Waals surface area contributed by atoms with Crippen LogP contribution in [0, 0.1) is 0 Å². The Morgan fingerprint density at radius 2 is 0.971 bits per heavy atom. The molecule has 0 spiro atoms. The third-order valence-corrected chi connectivity index (χ3v) is 6.42. The van der Waals surface area contributed by atoms with Gasteiger partial charge in [-0.2, -0.15) is 0 Å². The van der Waals surface area contributed by atoms with Gasteiger partial charge in [-0.15, -0.1) is 0 Å². The molecule has 3 heteroatoms. The van der Waals surface area contributed by atoms with Gasteiger partial charge in [-0.25, -0.2) is 0 Å². The smallest absolute Gasteiger partial charge is 0.127 e. The van der Waals surface area contributed by atoms with Crippen LogP contribution in [-0.4, -0.2) is 18.3 Å². The number of aromatic hydroxyl groups is 1. The highest BCUT2D eigenvalue weighted by atomic mass is 16.5. The molecule has 0 amide bonds. The molecule has 2 rings (SSSR count). The molecule has 34 heavy (non-hydrogen) atoms. The van der Waals surface area contributed by atoms with Crippen LogP contribution in [0.4, 0.5) is 0 Å². The van der Waals surface area contributed by atoms with Gasteiger partial charge in [-0.3, -0.25) is 0 Å². The molecule has 0 fully saturated rings. The van der Waals surface area contributed by atoms with Gasteiger partial charge in [-0.1, -0.05) is 109 Å². The van der Waals surface area contributed by atoms with Gasteiger partial charge in [0.15, 0.2) is 0 Å². The van der Waals surface area contributed by atoms with E-state index in [1.54, 1.807) is 6.07 Å². The first-order chi connectivity index (χ1) is 16.7. The largest absolute Gasteiger partial charge is 0.507 e. The summed E-state index contributed by atoms with van der Waals surface area (Å²) in [6.45, 7) is 5.97. The molecule has 3 nitrogen and oxygen atoms in total. The van der Waals surface area contributed by atoms with E-state index >= 15 is 0 Å². The number of benzene rings is 2. The minimum absolute atomic E-state index is 0.252. The highest BCUT2D eigenvalue weighted by Gasteiger charge is 2.07. The summed E-state index contributed by atoms with van der Waals surface area (Å²) in [6, 6.07) is 13.6. The molecule has 1 N–H and O–H groups in total. The van der Waals surface area contributed by atoms with Crippen molar-refractivity contribution in [2.24, 2.45) is 0 Å². The number of hydrogen-bond donors (Lipinski definition) is 1. The van der Waals surface area contributed by atoms with Crippen LogP contribution in [0.1, 0.15) is 110 Å². The molecular formula is C31H48O3. The van der Waals surface area contributed by atoms with Gasteiger partial charge in [-0.05, 0) is 42.7 Å². The lowest BCUT2D eigenvalue weighted by molar-refractivity contribution is 0.303. The van der Waals surface area contributed by atoms with Crippen molar-refractivity contribution in [2.45, 2.75) is 110 Å². The number of phenolic OH excluding ortho intramolecular Hbond substituents is 1. The van der Waals surface area contributed by atoms with Crippen molar-refractivity contribution >= 4 is 0 Å². The fourth-order valence-electron chi connectivity index (χ4n) is 4.25. The van der Waals surface area contributed by atoms with Gasteiger partial charge in [0.1, 0.15) is 17.2 Å². The summed E-state index contributed by atoms with van der Waals surface area (Å²) in [4.78, 5) is 0. The fraction of sp³-hybridized carbons (Fsp3) is 0.613. The zero-order valence-corrected chi connectivity index (χ0v) is 21.8. The van der Waals surface area contributed by atoms with E-state index in [1.165, 1.54) is 83.5 Å². The third kappa shape index (κ3) is 11.8. The van der Waals surface area contributed by atoms with Gasteiger partial charge in [0.25, 0.3) is 0 Å². The molecule has 0 aromatic heterocycles. The average molecular weight is 469 g/mol. The maximum atomic E-state index is 10.5. The number of rotatable bonds is 20. The molecule has 0 heterocycles. The third-order valence-electron chi connectivity index (χ3n) is 6.42. The van der Waals surface area contributed by atoms with Crippen molar-refractivity contribution in [3.8, 4) is 28.4 Å². The molecule has 0 saturated heterocycles. The first-order valence-electron chi connectivity index (χ1n) is 13.9. The van der Waals surface area contributed by atoms with Crippen LogP contribution >= 0.6 is 0 Å². The normalized spacial score (nSPS) is 11.0. The van der Waals surface area contributed by atoms with Crippen molar-refractivity contribution in [2.75, 3.05) is 13.2 Å². The number of unbranched alkanes of at least 4 members (excludes halogenated alkanes) is 13. The molecule has 0 unspecified atom stereocenters. The van der Waals surface area contributed by atoms with Crippen LogP contribution in [0.2, 0.25) is 0 Å². The highest BCUT2D eigenvalue weighted by Crippen LogP contribution is 2.33. The number of phenols is 1. The molecular weight excluding hydrogens is 420 g/mol. The molecule has 0 saturated carbocycles. The van der Waals surface area contributed by atoms with Crippen molar-refractivity contribution in [1.82, 2.24) is 0 Å². The molecule has 2 aromatic carbocycles. The summed E-state index contributed by atoms with van der Waals surface area (Å²) in [5, 5.41) is 10.5. The Labute approximate surface area is 208 Å². The van der Waals surface area contributed by atoms with E-state index in [0.717, 1.165) is 42.1 Å². The zero-order chi connectivity index (χ0) is 24.3. The molecule has 0 radical (unpaired) electrons. The lowest BCUT2D eigenvalue weighted by Gasteiger charge is -2.11. The number of hydrogen-bond acceptors (Lipinski definition) is 3. The Morgan fingerprint density at radius 1 is 0.529 bits per heavy atom. The lowest BCUT2D eigenvalue weighted by Crippen LogP contribution is -1.98. The van der Waals surface area contributed by atoms with E-state index in [1.807, 2.05) is 36.4 Å². The Morgan fingerprint density at radius 3 is 1.47 bits per heavy atom. The summed E-state index contributed by atoms with van der Waals surface area (Å²) in [6.07, 6.45) is 19.4. The first-order valence-corrected chi connectivity index (χ1v) is 13.9. The van der Waals surface area contributed by atoms with Crippen LogP contribution in [0.15, 0.2) is 42.5 Å². The topological polar surface area (TPSA) is 38.7 Å². The van der Waals surface area contributed by atoms with Crippen molar-refractivity contribution in [3.05, 3.63) is 42.5 Å². The lowest BCUT2D eigenvalue weighted by atomic mass is 10.0. The van der Waals surface area contributed by atoms with Gasteiger partial charge in [0.05, 0.1) is 13.2 Å². The predicted molar refractivity (Wildman–Crippen MR) is 145 cm³/mol. The van der Waals surface area contributed by atoms with Crippen LogP contribution < -0.4 is 9.47 Å². The van der Waals surface area contributed by atoms with Crippen LogP contribution in [0.3, 0.4) is 0 Å². The van der Waals surface area contributed by atoms with Crippen molar-refractivity contribution in [3.63, 3.8) is 0 Å². The quantitative estimate of drug-likeness (QED) is 0.197. The second-order valence-electron chi connectivity index (χ2n) is 9.50. The minimum Gasteiger partial charge on any atom is -0.507 e. The summed E-state index contributed by atoms with van der Waals surface area (Å²) in [5.41, 5.74) is 1.80. The summed E-state index contributed by atoms with van der Waals surface area (Å²) in [7, 11) is 0. The van der Waals surface area contributed by atoms with E-state index < -0.39 is 0 Å². The summed E-state index contributed by atoms with van der Waals surface area (Å²) >= 11 is 0. The fourth-order valence-corrected chi connectivity index (χ4v) is 4.25. The molecule has 2 aromatic rings. The Bertz CT molecular complexity index is 754. The van der Waals surface area contributed by atoms with Crippen LogP contribution in [-0.2, 0) is 0 Å². The van der Waals surface area contributed by atoms with Gasteiger partial charge in [0.2, 0.25) is 0 Å². The molecule has 190 valence electrons. The summed E-state index contributed by atoms with van der Waals surface area (Å²) in [5.74, 6) is 1.87. The second-order valence-corrected chi connectivity index (χ2v) is 9.50. The maximum absolute atomic E-state index is 10.5. The van der Waals surface area contributed by atoms with Gasteiger partial charge < -0.3 is 14.6 Å². The van der Waals surface area contributed by atoms with Gasteiger partial charge in [0, 0.05) is 11.6 Å². The van der Waals surface area contributed by atoms with Gasteiger partial charge >= 0.3 is 0 Å². The zero-order valence-electron chi connectivity index (χ0n) is 21.8. The first kappa shape index (κ1) is 28.1. The van der Waals surface area contributed by atoms with E-state index in [4.69, 9.17) is 9.47 Å². The van der Waals surface area contributed by atoms with E-state index in [9.17, 15) is 5.11 Å². The van der Waals surface area contributed by atoms with Crippen LogP contribution in [0.5, 0.6) is 17.2 Å². The molecule has 0 aliphatic heterocycles. The SMILES string of the molecule is CCCCCCCCCCCCOc1ccc(-c2ccc(OCCCCCCC)cc2O)cc1. The Kier molecular flexibility index (Phi) is 15.0. The highest BCUT2D eigenvalue weighted by molar-refractivity contribution is 5.71. The molecule has 0 aliphatic rings. The van der Waals surface area contributed by atoms with Crippen LogP contribution in [0.25, 0.3) is 11.1 Å². The standard InChI is InChI=1S/C31H48O3/c1-3-5-7-9-10-11-12-13-15-17-24-33-28-20-18-27(19-21-28)30-23-22-29(26-31(30)32)34-25-16-14-8-6-4-2/h18-23,26,32H,3-17,24-25H2,1-2H3. The monoisotopic (exact) mass is 468 g/mol. The predicted octanol–water partition coefficient (Wildman–Crippen LogP) is 9.71. The maximum Gasteiger partial charge on any atom is 0.127 e. The van der Waals surface area contributed by atoms with E-state index in [-0.39, 0.29) is 5.75 Å². The van der Waals surface area contributed by atoms with E-state index in [2.05, 4.69) is 13.8 Å². The molecule has 0 atom stereocenters. The molecule has 0 aliphatic carbocycles. The Balaban J connectivity index is 1.63. The van der Waals surface area contributed by atoms with E-state index in [0.29, 0.717) is 6.61 Å². The average Bonchev–Trinajstić information content (AvgIpc) is 2.85. The summed E-state index contributed by atoms with van der Waals surface area (Å²) < 4.78 is 11.7. The minimum atomic E-state index is 0.252. The molecule has 0 bridgehead atoms. The van der Waals surface area contributed by atoms with Crippen molar-refractivity contribution < 1.29 is 14.6 Å². The second kappa shape index (κ2) is 18.2. The number of ether oxygens (including phenoxy) is 2. The van der Waals surface area contributed by atoms with Crippen molar-refractivity contribution in [1.29, 1.82) is 0 Å². The Hall–Kier alpha value is -2.16.